The molecule has 0 aliphatic carbocycles. The molecule has 11 heavy (non-hydrogen) atoms. The van der Waals surface area contributed by atoms with Crippen molar-refractivity contribution < 1.29 is 18.6 Å². The minimum absolute atomic E-state index is 0.219. The molecular weight excluding hydrogens is 151 g/mol. The summed E-state index contributed by atoms with van der Waals surface area (Å²) in [6.45, 7) is 5.68. The maximum absolute atomic E-state index is 13.1. The molecule has 0 N–H and O–H groups in total. The molecule has 0 rings (SSSR count). The molecule has 0 radical (unpaired) electrons. The second kappa shape index (κ2) is 5.46. The van der Waals surface area contributed by atoms with E-state index in [1.807, 2.05) is 0 Å². The van der Waals surface area contributed by atoms with Crippen molar-refractivity contribution in [3.63, 3.8) is 0 Å². The summed E-state index contributed by atoms with van der Waals surface area (Å²) in [6.07, 6.45) is -2.35. The Morgan fingerprint density at radius 3 is 1.36 bits per heavy atom. The second-order valence-electron chi connectivity index (χ2n) is 1.78. The van der Waals surface area contributed by atoms with E-state index in [1.165, 1.54) is 0 Å². The predicted octanol–water partition coefficient (Wildman–Crippen LogP) is 1.68. The number of alkyl halides is 1. The molecule has 0 spiro atoms. The largest absolute Gasteiger partial charge is 0.448 e. The minimum Gasteiger partial charge on any atom is -0.300 e. The first-order valence-electron chi connectivity index (χ1n) is 3.79. The molecule has 0 amide bonds. The molecule has 0 aliphatic rings. The van der Waals surface area contributed by atoms with Crippen LogP contribution in [0.25, 0.3) is 0 Å². The third-order valence-electron chi connectivity index (χ3n) is 0.950. The van der Waals surface area contributed by atoms with Crippen molar-refractivity contribution >= 4 is 0 Å². The molecule has 0 heterocycles. The van der Waals surface area contributed by atoms with E-state index in [1.54, 1.807) is 20.8 Å². The Morgan fingerprint density at radius 1 is 0.909 bits per heavy atom. The minimum atomic E-state index is -2.35. The van der Waals surface area contributed by atoms with Gasteiger partial charge in [0.15, 0.2) is 0 Å². The highest BCUT2D eigenvalue weighted by molar-refractivity contribution is 4.35. The van der Waals surface area contributed by atoms with Crippen molar-refractivity contribution in [3.05, 3.63) is 0 Å². The van der Waals surface area contributed by atoms with E-state index in [0.717, 1.165) is 0 Å². The molecule has 0 aliphatic heterocycles. The summed E-state index contributed by atoms with van der Waals surface area (Å²) in [4.78, 5) is 0. The van der Waals surface area contributed by atoms with Crippen molar-refractivity contribution in [1.82, 2.24) is 0 Å². The van der Waals surface area contributed by atoms with Crippen molar-refractivity contribution in [3.8, 4) is 0 Å². The van der Waals surface area contributed by atoms with Gasteiger partial charge in [-0.3, -0.25) is 14.2 Å². The molecule has 0 bridgehead atoms. The molecule has 3 nitrogen and oxygen atoms in total. The van der Waals surface area contributed by atoms with Gasteiger partial charge in [-0.1, -0.05) is 0 Å². The van der Waals surface area contributed by atoms with Crippen LogP contribution in [0.4, 0.5) is 4.39 Å². The van der Waals surface area contributed by atoms with E-state index in [-0.39, 0.29) is 19.8 Å². The fourth-order valence-corrected chi connectivity index (χ4v) is 0.642. The van der Waals surface area contributed by atoms with Gasteiger partial charge in [-0.05, 0) is 20.8 Å². The van der Waals surface area contributed by atoms with Crippen LogP contribution >= 0.6 is 0 Å². The molecule has 0 unspecified atom stereocenters. The monoisotopic (exact) mass is 166 g/mol. The topological polar surface area (TPSA) is 27.7 Å². The Hall–Kier alpha value is -0.190. The average molecular weight is 166 g/mol. The standard InChI is InChI=1S/C7H15FO3/c1-4-9-7(8,10-5-2)11-6-3/h4-6H2,1-3H3. The average Bonchev–Trinajstić information content (AvgIpc) is 1.88. The molecule has 0 aromatic heterocycles. The van der Waals surface area contributed by atoms with Crippen LogP contribution in [0.2, 0.25) is 0 Å². The summed E-state index contributed by atoms with van der Waals surface area (Å²) in [7, 11) is 0. The number of ether oxygens (including phenoxy) is 3. The first-order valence-corrected chi connectivity index (χ1v) is 3.79. The fraction of sp³-hybridized carbons (Fsp3) is 1.00. The second-order valence-corrected chi connectivity index (χ2v) is 1.78. The van der Waals surface area contributed by atoms with Gasteiger partial charge in [0.1, 0.15) is 0 Å². The van der Waals surface area contributed by atoms with E-state index in [4.69, 9.17) is 0 Å². The maximum atomic E-state index is 13.1. The lowest BCUT2D eigenvalue weighted by molar-refractivity contribution is -0.446. The zero-order valence-electron chi connectivity index (χ0n) is 7.22. The number of hydrogen-bond acceptors (Lipinski definition) is 3. The molecule has 0 saturated heterocycles. The summed E-state index contributed by atoms with van der Waals surface area (Å²) < 4.78 is 26.9. The quantitative estimate of drug-likeness (QED) is 0.562. The predicted molar refractivity (Wildman–Crippen MR) is 38.7 cm³/mol. The molecular formula is C7H15FO3. The number of hydrogen-bond donors (Lipinski definition) is 0. The molecule has 68 valence electrons. The van der Waals surface area contributed by atoms with Crippen molar-refractivity contribution in [2.45, 2.75) is 27.0 Å². The highest BCUT2D eigenvalue weighted by Crippen LogP contribution is 2.16. The Bertz CT molecular complexity index is 80.7. The zero-order valence-corrected chi connectivity index (χ0v) is 7.22. The van der Waals surface area contributed by atoms with Crippen LogP contribution in [0.1, 0.15) is 20.8 Å². The molecule has 0 atom stereocenters. The van der Waals surface area contributed by atoms with Gasteiger partial charge in [0.25, 0.3) is 0 Å². The van der Waals surface area contributed by atoms with Gasteiger partial charge in [0, 0.05) is 0 Å². The van der Waals surface area contributed by atoms with Gasteiger partial charge in [0.05, 0.1) is 19.8 Å². The van der Waals surface area contributed by atoms with E-state index >= 15 is 0 Å². The highest BCUT2D eigenvalue weighted by atomic mass is 19.2. The maximum Gasteiger partial charge on any atom is 0.448 e. The summed E-state index contributed by atoms with van der Waals surface area (Å²) in [5, 5.41) is 0. The summed E-state index contributed by atoms with van der Waals surface area (Å²) in [5.41, 5.74) is 0. The van der Waals surface area contributed by atoms with E-state index < -0.39 is 6.23 Å². The Balaban J connectivity index is 3.79. The third-order valence-corrected chi connectivity index (χ3v) is 0.950. The van der Waals surface area contributed by atoms with Gasteiger partial charge in [-0.15, -0.1) is 0 Å². The summed E-state index contributed by atoms with van der Waals surface area (Å²) in [6, 6.07) is 0. The lowest BCUT2D eigenvalue weighted by Crippen LogP contribution is -2.34. The van der Waals surface area contributed by atoms with E-state index in [9.17, 15) is 4.39 Å². The van der Waals surface area contributed by atoms with Gasteiger partial charge in [-0.25, -0.2) is 0 Å². The molecule has 0 fully saturated rings. The Kier molecular flexibility index (Phi) is 5.36. The molecule has 4 heteroatoms. The Labute approximate surface area is 66.4 Å². The lowest BCUT2D eigenvalue weighted by Gasteiger charge is -2.22. The van der Waals surface area contributed by atoms with Gasteiger partial charge < -0.3 is 0 Å². The zero-order chi connectivity index (χ0) is 8.74. The van der Waals surface area contributed by atoms with Crippen LogP contribution in [0.15, 0.2) is 0 Å². The Morgan fingerprint density at radius 2 is 1.18 bits per heavy atom. The molecule has 0 saturated carbocycles. The first kappa shape index (κ1) is 10.8. The van der Waals surface area contributed by atoms with Crippen LogP contribution < -0.4 is 0 Å². The van der Waals surface area contributed by atoms with Crippen LogP contribution in [0.3, 0.4) is 0 Å². The van der Waals surface area contributed by atoms with Crippen LogP contribution in [0, 0.1) is 0 Å². The summed E-state index contributed by atoms with van der Waals surface area (Å²) >= 11 is 0. The smallest absolute Gasteiger partial charge is 0.300 e. The van der Waals surface area contributed by atoms with Gasteiger partial charge >= 0.3 is 6.23 Å². The summed E-state index contributed by atoms with van der Waals surface area (Å²) in [5.74, 6) is 0. The van der Waals surface area contributed by atoms with E-state index in [0.29, 0.717) is 0 Å². The third kappa shape index (κ3) is 4.29. The van der Waals surface area contributed by atoms with Crippen LogP contribution in [0.5, 0.6) is 0 Å². The van der Waals surface area contributed by atoms with Crippen LogP contribution in [-0.4, -0.2) is 26.0 Å². The van der Waals surface area contributed by atoms with Gasteiger partial charge in [-0.2, -0.15) is 4.39 Å². The first-order chi connectivity index (χ1) is 5.18. The van der Waals surface area contributed by atoms with Crippen molar-refractivity contribution in [2.24, 2.45) is 0 Å². The van der Waals surface area contributed by atoms with E-state index in [2.05, 4.69) is 14.2 Å². The number of halogens is 1. The molecule has 0 aromatic rings. The SMILES string of the molecule is CCOC(F)(OCC)OCC. The molecule has 0 aromatic carbocycles. The number of rotatable bonds is 6. The lowest BCUT2D eigenvalue weighted by atomic mass is 10.8. The van der Waals surface area contributed by atoms with Crippen LogP contribution in [-0.2, 0) is 14.2 Å². The van der Waals surface area contributed by atoms with Gasteiger partial charge in [0.2, 0.25) is 0 Å². The van der Waals surface area contributed by atoms with Crippen molar-refractivity contribution in [1.29, 1.82) is 0 Å². The normalized spacial score (nSPS) is 12.0. The highest BCUT2D eigenvalue weighted by Gasteiger charge is 2.31. The van der Waals surface area contributed by atoms with Crippen molar-refractivity contribution in [2.75, 3.05) is 19.8 Å². The fourth-order valence-electron chi connectivity index (χ4n) is 0.642.